The Bertz CT molecular complexity index is 984. The molecule has 7 nitrogen and oxygen atoms in total. The molecule has 2 aromatic carbocycles. The quantitative estimate of drug-likeness (QED) is 0.679. The summed E-state index contributed by atoms with van der Waals surface area (Å²) in [5.74, 6) is 1.60. The molecule has 2 heterocycles. The molecule has 1 saturated heterocycles. The van der Waals surface area contributed by atoms with Crippen molar-refractivity contribution in [2.45, 2.75) is 13.5 Å². The molecular weight excluding hydrogens is 380 g/mol. The van der Waals surface area contributed by atoms with Gasteiger partial charge in [0.2, 0.25) is 0 Å². The zero-order valence-electron chi connectivity index (χ0n) is 16.9. The highest BCUT2D eigenvalue weighted by atomic mass is 16.5. The molecule has 0 unspecified atom stereocenters. The lowest BCUT2D eigenvalue weighted by Gasteiger charge is -2.28. The van der Waals surface area contributed by atoms with Gasteiger partial charge in [-0.1, -0.05) is 29.8 Å². The van der Waals surface area contributed by atoms with Crippen LogP contribution in [0.2, 0.25) is 0 Å². The van der Waals surface area contributed by atoms with E-state index in [1.807, 2.05) is 31.2 Å². The van der Waals surface area contributed by atoms with Gasteiger partial charge < -0.3 is 19.7 Å². The van der Waals surface area contributed by atoms with Crippen LogP contribution in [0.15, 0.2) is 60.9 Å². The van der Waals surface area contributed by atoms with Gasteiger partial charge in [0, 0.05) is 37.6 Å². The fourth-order valence-electron chi connectivity index (χ4n) is 3.16. The highest BCUT2D eigenvalue weighted by Gasteiger charge is 2.18. The molecule has 0 saturated carbocycles. The molecule has 7 heteroatoms. The van der Waals surface area contributed by atoms with E-state index < -0.39 is 0 Å². The highest BCUT2D eigenvalue weighted by Crippen LogP contribution is 2.28. The summed E-state index contributed by atoms with van der Waals surface area (Å²) in [5, 5.41) is 2.94. The van der Waals surface area contributed by atoms with Crippen LogP contribution >= 0.6 is 0 Å². The minimum Gasteiger partial charge on any atom is -0.436 e. The van der Waals surface area contributed by atoms with Crippen LogP contribution in [0.1, 0.15) is 21.5 Å². The van der Waals surface area contributed by atoms with Crippen molar-refractivity contribution in [3.05, 3.63) is 77.6 Å². The van der Waals surface area contributed by atoms with Gasteiger partial charge in [0.1, 0.15) is 5.75 Å². The summed E-state index contributed by atoms with van der Waals surface area (Å²) in [4.78, 5) is 23.3. The minimum atomic E-state index is -0.129. The molecule has 4 rings (SSSR count). The Morgan fingerprint density at radius 3 is 2.47 bits per heavy atom. The largest absolute Gasteiger partial charge is 0.436 e. The van der Waals surface area contributed by atoms with E-state index in [2.05, 4.69) is 20.2 Å². The minimum absolute atomic E-state index is 0.129. The predicted octanol–water partition coefficient (Wildman–Crippen LogP) is 3.34. The van der Waals surface area contributed by atoms with Gasteiger partial charge in [0.25, 0.3) is 11.8 Å². The lowest BCUT2D eigenvalue weighted by atomic mass is 10.1. The van der Waals surface area contributed by atoms with Crippen molar-refractivity contribution in [2.75, 3.05) is 31.2 Å². The molecule has 0 radical (unpaired) electrons. The van der Waals surface area contributed by atoms with E-state index in [1.165, 1.54) is 5.56 Å². The summed E-state index contributed by atoms with van der Waals surface area (Å²) in [6.07, 6.45) is 3.26. The standard InChI is InChI=1S/C23H24N4O3/c1-17-2-4-18(5-3-17)16-26-22(28)19-6-8-20(9-7-19)30-23-21(24-10-11-25-23)27-12-14-29-15-13-27/h2-11H,12-16H2,1H3,(H,26,28). The summed E-state index contributed by atoms with van der Waals surface area (Å²) in [7, 11) is 0. The average molecular weight is 404 g/mol. The van der Waals surface area contributed by atoms with Crippen LogP contribution in [0.3, 0.4) is 0 Å². The number of aryl methyl sites for hydroxylation is 1. The average Bonchev–Trinajstić information content (AvgIpc) is 2.80. The summed E-state index contributed by atoms with van der Waals surface area (Å²) in [6, 6.07) is 15.1. The fourth-order valence-corrected chi connectivity index (χ4v) is 3.16. The third-order valence-corrected chi connectivity index (χ3v) is 4.86. The number of carbonyl (C=O) groups is 1. The monoisotopic (exact) mass is 404 g/mol. The van der Waals surface area contributed by atoms with Crippen LogP contribution in [0, 0.1) is 6.92 Å². The number of morpholine rings is 1. The van der Waals surface area contributed by atoms with Gasteiger partial charge in [-0.05, 0) is 36.8 Å². The second kappa shape index (κ2) is 9.37. The van der Waals surface area contributed by atoms with Crippen LogP contribution < -0.4 is 15.0 Å². The number of anilines is 1. The third kappa shape index (κ3) is 4.93. The van der Waals surface area contributed by atoms with Crippen molar-refractivity contribution in [1.29, 1.82) is 0 Å². The van der Waals surface area contributed by atoms with Crippen LogP contribution in [0.4, 0.5) is 5.82 Å². The Labute approximate surface area is 175 Å². The number of hydrogen-bond donors (Lipinski definition) is 1. The molecule has 1 aromatic heterocycles. The van der Waals surface area contributed by atoms with E-state index in [-0.39, 0.29) is 5.91 Å². The zero-order valence-corrected chi connectivity index (χ0v) is 16.9. The lowest BCUT2D eigenvalue weighted by molar-refractivity contribution is 0.0951. The molecular formula is C23H24N4O3. The van der Waals surface area contributed by atoms with Crippen LogP contribution in [0.5, 0.6) is 11.6 Å². The third-order valence-electron chi connectivity index (χ3n) is 4.86. The topological polar surface area (TPSA) is 76.6 Å². The van der Waals surface area contributed by atoms with Crippen molar-refractivity contribution in [3.63, 3.8) is 0 Å². The second-order valence-electron chi connectivity index (χ2n) is 7.08. The fraction of sp³-hybridized carbons (Fsp3) is 0.261. The van der Waals surface area contributed by atoms with Crippen molar-refractivity contribution in [2.24, 2.45) is 0 Å². The number of aromatic nitrogens is 2. The van der Waals surface area contributed by atoms with Crippen molar-refractivity contribution in [1.82, 2.24) is 15.3 Å². The van der Waals surface area contributed by atoms with Crippen LogP contribution in [-0.2, 0) is 11.3 Å². The summed E-state index contributed by atoms with van der Waals surface area (Å²) >= 11 is 0. The first kappa shape index (κ1) is 19.8. The Morgan fingerprint density at radius 1 is 1.03 bits per heavy atom. The van der Waals surface area contributed by atoms with Gasteiger partial charge in [-0.25, -0.2) is 9.97 Å². The molecule has 1 amide bonds. The first-order chi connectivity index (χ1) is 14.7. The van der Waals surface area contributed by atoms with E-state index in [9.17, 15) is 4.79 Å². The zero-order chi connectivity index (χ0) is 20.8. The molecule has 1 aliphatic heterocycles. The number of nitrogens with one attached hydrogen (secondary N) is 1. The molecule has 0 atom stereocenters. The Balaban J connectivity index is 1.39. The first-order valence-electron chi connectivity index (χ1n) is 9.94. The van der Waals surface area contributed by atoms with Crippen molar-refractivity contribution < 1.29 is 14.3 Å². The molecule has 30 heavy (non-hydrogen) atoms. The molecule has 3 aromatic rings. The number of ether oxygens (including phenoxy) is 2. The molecule has 0 aliphatic carbocycles. The Kier molecular flexibility index (Phi) is 6.20. The first-order valence-corrected chi connectivity index (χ1v) is 9.94. The van der Waals surface area contributed by atoms with E-state index in [0.29, 0.717) is 42.8 Å². The summed E-state index contributed by atoms with van der Waals surface area (Å²) in [5.41, 5.74) is 2.83. The van der Waals surface area contributed by atoms with Gasteiger partial charge >= 0.3 is 0 Å². The van der Waals surface area contributed by atoms with Crippen LogP contribution in [-0.4, -0.2) is 42.2 Å². The van der Waals surface area contributed by atoms with Gasteiger partial charge in [0.15, 0.2) is 5.82 Å². The highest BCUT2D eigenvalue weighted by molar-refractivity contribution is 5.94. The van der Waals surface area contributed by atoms with Gasteiger partial charge in [-0.3, -0.25) is 4.79 Å². The van der Waals surface area contributed by atoms with Crippen molar-refractivity contribution >= 4 is 11.7 Å². The number of rotatable bonds is 6. The van der Waals surface area contributed by atoms with Gasteiger partial charge in [-0.15, -0.1) is 0 Å². The van der Waals surface area contributed by atoms with E-state index >= 15 is 0 Å². The smallest absolute Gasteiger partial charge is 0.263 e. The lowest BCUT2D eigenvalue weighted by Crippen LogP contribution is -2.37. The maximum Gasteiger partial charge on any atom is 0.263 e. The molecule has 1 N–H and O–H groups in total. The van der Waals surface area contributed by atoms with Gasteiger partial charge in [-0.2, -0.15) is 0 Å². The maximum absolute atomic E-state index is 12.4. The number of amides is 1. The van der Waals surface area contributed by atoms with E-state index in [0.717, 1.165) is 18.7 Å². The second-order valence-corrected chi connectivity index (χ2v) is 7.08. The number of nitrogens with zero attached hydrogens (tertiary/aromatic N) is 3. The van der Waals surface area contributed by atoms with E-state index in [4.69, 9.17) is 9.47 Å². The molecule has 1 aliphatic rings. The number of benzene rings is 2. The van der Waals surface area contributed by atoms with Crippen LogP contribution in [0.25, 0.3) is 0 Å². The molecule has 1 fully saturated rings. The predicted molar refractivity (Wildman–Crippen MR) is 114 cm³/mol. The Morgan fingerprint density at radius 2 is 1.73 bits per heavy atom. The summed E-state index contributed by atoms with van der Waals surface area (Å²) in [6.45, 7) is 5.33. The summed E-state index contributed by atoms with van der Waals surface area (Å²) < 4.78 is 11.3. The normalized spacial score (nSPS) is 13.7. The maximum atomic E-state index is 12.4. The molecule has 0 spiro atoms. The number of carbonyl (C=O) groups excluding carboxylic acids is 1. The molecule has 0 bridgehead atoms. The SMILES string of the molecule is Cc1ccc(CNC(=O)c2ccc(Oc3nccnc3N3CCOCC3)cc2)cc1. The van der Waals surface area contributed by atoms with Gasteiger partial charge in [0.05, 0.1) is 13.2 Å². The van der Waals surface area contributed by atoms with Crippen molar-refractivity contribution in [3.8, 4) is 11.6 Å². The van der Waals surface area contributed by atoms with E-state index in [1.54, 1.807) is 36.7 Å². The molecule has 154 valence electrons. The number of hydrogen-bond acceptors (Lipinski definition) is 6. The Hall–Kier alpha value is -3.45.